The summed E-state index contributed by atoms with van der Waals surface area (Å²) in [6.45, 7) is 0.638. The van der Waals surface area contributed by atoms with E-state index in [2.05, 4.69) is 10.1 Å². The monoisotopic (exact) mass is 258 g/mol. The Bertz CT molecular complexity index is 533. The van der Waals surface area contributed by atoms with Gasteiger partial charge in [-0.15, -0.1) is 5.10 Å². The average Bonchev–Trinajstić information content (AvgIpc) is 2.86. The molecule has 1 aliphatic carbocycles. The van der Waals surface area contributed by atoms with Gasteiger partial charge in [-0.1, -0.05) is 18.2 Å². The van der Waals surface area contributed by atoms with E-state index in [-0.39, 0.29) is 5.60 Å². The van der Waals surface area contributed by atoms with Crippen LogP contribution in [0.1, 0.15) is 25.7 Å². The summed E-state index contributed by atoms with van der Waals surface area (Å²) >= 11 is 0. The molecule has 5 nitrogen and oxygen atoms in total. The van der Waals surface area contributed by atoms with Crippen LogP contribution in [0.2, 0.25) is 0 Å². The molecular formula is C14H18N4O. The molecule has 0 amide bonds. The van der Waals surface area contributed by atoms with Gasteiger partial charge in [0.15, 0.2) is 0 Å². The molecule has 5 heteroatoms. The van der Waals surface area contributed by atoms with Crippen molar-refractivity contribution >= 4 is 0 Å². The zero-order valence-electron chi connectivity index (χ0n) is 10.8. The molecular weight excluding hydrogens is 240 g/mol. The lowest BCUT2D eigenvalue weighted by atomic mass is 9.77. The molecule has 1 aromatic carbocycles. The van der Waals surface area contributed by atoms with Crippen LogP contribution in [0.15, 0.2) is 36.7 Å². The lowest BCUT2D eigenvalue weighted by molar-refractivity contribution is -0.0200. The highest BCUT2D eigenvalue weighted by Gasteiger charge is 2.39. The Kier molecular flexibility index (Phi) is 3.21. The molecule has 0 radical (unpaired) electrons. The van der Waals surface area contributed by atoms with E-state index in [1.165, 1.54) is 6.42 Å². The third-order valence-corrected chi connectivity index (χ3v) is 3.66. The van der Waals surface area contributed by atoms with Gasteiger partial charge < -0.3 is 10.5 Å². The largest absolute Gasteiger partial charge is 0.456 e. The molecule has 1 aromatic heterocycles. The molecule has 0 spiro atoms. The molecule has 0 aliphatic heterocycles. The first-order chi connectivity index (χ1) is 9.31. The summed E-state index contributed by atoms with van der Waals surface area (Å²) in [5.41, 5.74) is 6.50. The second-order valence-corrected chi connectivity index (χ2v) is 4.98. The number of rotatable bonds is 5. The smallest absolute Gasteiger partial charge is 0.336 e. The fourth-order valence-electron chi connectivity index (χ4n) is 2.43. The van der Waals surface area contributed by atoms with Gasteiger partial charge in [-0.3, -0.25) is 0 Å². The van der Waals surface area contributed by atoms with Crippen molar-refractivity contribution < 1.29 is 4.74 Å². The van der Waals surface area contributed by atoms with E-state index in [9.17, 15) is 0 Å². The highest BCUT2D eigenvalue weighted by atomic mass is 16.5. The first kappa shape index (κ1) is 12.2. The van der Waals surface area contributed by atoms with Crippen LogP contribution in [0.5, 0.6) is 6.01 Å². The molecule has 1 saturated carbocycles. The Hall–Kier alpha value is -1.88. The van der Waals surface area contributed by atoms with Crippen LogP contribution in [0, 0.1) is 0 Å². The van der Waals surface area contributed by atoms with Gasteiger partial charge in [0.25, 0.3) is 0 Å². The van der Waals surface area contributed by atoms with E-state index >= 15 is 0 Å². The Morgan fingerprint density at radius 2 is 2.05 bits per heavy atom. The van der Waals surface area contributed by atoms with Crippen molar-refractivity contribution in [2.45, 2.75) is 31.3 Å². The molecule has 2 aromatic rings. The van der Waals surface area contributed by atoms with E-state index in [0.717, 1.165) is 24.9 Å². The van der Waals surface area contributed by atoms with Gasteiger partial charge in [0.2, 0.25) is 0 Å². The molecule has 19 heavy (non-hydrogen) atoms. The molecule has 1 heterocycles. The second kappa shape index (κ2) is 5.01. The van der Waals surface area contributed by atoms with Crippen molar-refractivity contribution in [2.24, 2.45) is 5.73 Å². The minimum Gasteiger partial charge on any atom is -0.456 e. The van der Waals surface area contributed by atoms with Crippen LogP contribution in [0.3, 0.4) is 0 Å². The van der Waals surface area contributed by atoms with Gasteiger partial charge in [-0.05, 0) is 44.4 Å². The molecule has 1 fully saturated rings. The molecule has 0 unspecified atom stereocenters. The number of hydrogen-bond acceptors (Lipinski definition) is 4. The predicted octanol–water partition coefficient (Wildman–Crippen LogP) is 1.92. The number of para-hydroxylation sites is 1. The van der Waals surface area contributed by atoms with Gasteiger partial charge in [-0.25, -0.2) is 4.68 Å². The fraction of sp³-hybridized carbons (Fsp3) is 0.429. The zero-order chi connectivity index (χ0) is 13.1. The van der Waals surface area contributed by atoms with Crippen molar-refractivity contribution in [3.63, 3.8) is 0 Å². The minimum absolute atomic E-state index is 0.127. The van der Waals surface area contributed by atoms with Crippen molar-refractivity contribution in [3.05, 3.63) is 36.7 Å². The van der Waals surface area contributed by atoms with E-state index < -0.39 is 0 Å². The number of ether oxygens (including phenoxy) is 1. The average molecular weight is 258 g/mol. The summed E-state index contributed by atoms with van der Waals surface area (Å²) in [6.07, 6.45) is 5.83. The van der Waals surface area contributed by atoms with Gasteiger partial charge in [0.1, 0.15) is 11.9 Å². The predicted molar refractivity (Wildman–Crippen MR) is 72.2 cm³/mol. The summed E-state index contributed by atoms with van der Waals surface area (Å²) in [6, 6.07) is 10.3. The van der Waals surface area contributed by atoms with Crippen LogP contribution >= 0.6 is 0 Å². The fourth-order valence-corrected chi connectivity index (χ4v) is 2.43. The molecule has 1 aliphatic rings. The SMILES string of the molecule is NCCC1(Oc2ncn(-c3ccccc3)n2)CCC1. The molecule has 2 N–H and O–H groups in total. The summed E-state index contributed by atoms with van der Waals surface area (Å²) < 4.78 is 7.68. The standard InChI is InChI=1S/C14H18N4O/c15-10-9-14(7-4-8-14)19-13-16-11-18(17-13)12-5-2-1-3-6-12/h1-3,5-6,11H,4,7-10,15H2. The summed E-state index contributed by atoms with van der Waals surface area (Å²) in [4.78, 5) is 4.23. The number of hydrogen-bond donors (Lipinski definition) is 1. The first-order valence-electron chi connectivity index (χ1n) is 6.68. The minimum atomic E-state index is -0.127. The zero-order valence-corrected chi connectivity index (χ0v) is 10.8. The number of aromatic nitrogens is 3. The topological polar surface area (TPSA) is 66.0 Å². The lowest BCUT2D eigenvalue weighted by Crippen LogP contribution is -2.45. The van der Waals surface area contributed by atoms with E-state index in [0.29, 0.717) is 12.6 Å². The van der Waals surface area contributed by atoms with Crippen LogP contribution < -0.4 is 10.5 Å². The van der Waals surface area contributed by atoms with Crippen LogP contribution in [-0.4, -0.2) is 26.9 Å². The van der Waals surface area contributed by atoms with E-state index in [1.54, 1.807) is 11.0 Å². The van der Waals surface area contributed by atoms with Crippen LogP contribution in [0.4, 0.5) is 0 Å². The number of nitrogens with zero attached hydrogens (tertiary/aromatic N) is 3. The maximum absolute atomic E-state index is 5.96. The first-order valence-corrected chi connectivity index (χ1v) is 6.68. The van der Waals surface area contributed by atoms with Crippen molar-refractivity contribution in [1.29, 1.82) is 0 Å². The maximum atomic E-state index is 5.96. The van der Waals surface area contributed by atoms with Gasteiger partial charge in [0.05, 0.1) is 5.69 Å². The van der Waals surface area contributed by atoms with Crippen molar-refractivity contribution in [3.8, 4) is 11.7 Å². The van der Waals surface area contributed by atoms with E-state index in [1.807, 2.05) is 30.3 Å². The van der Waals surface area contributed by atoms with E-state index in [4.69, 9.17) is 10.5 Å². The Morgan fingerprint density at radius 1 is 1.26 bits per heavy atom. The molecule has 0 bridgehead atoms. The molecule has 0 atom stereocenters. The molecule has 3 rings (SSSR count). The highest BCUT2D eigenvalue weighted by Crippen LogP contribution is 2.38. The number of benzene rings is 1. The van der Waals surface area contributed by atoms with Crippen LogP contribution in [-0.2, 0) is 0 Å². The summed E-state index contributed by atoms with van der Waals surface area (Å²) in [5, 5.41) is 4.37. The number of nitrogens with two attached hydrogens (primary N) is 1. The molecule has 0 saturated heterocycles. The third-order valence-electron chi connectivity index (χ3n) is 3.66. The molecule has 100 valence electrons. The third kappa shape index (κ3) is 2.46. The maximum Gasteiger partial charge on any atom is 0.336 e. The second-order valence-electron chi connectivity index (χ2n) is 4.98. The Morgan fingerprint density at radius 3 is 2.68 bits per heavy atom. The Balaban J connectivity index is 1.75. The van der Waals surface area contributed by atoms with Crippen molar-refractivity contribution in [2.75, 3.05) is 6.54 Å². The van der Waals surface area contributed by atoms with Gasteiger partial charge in [0, 0.05) is 0 Å². The van der Waals surface area contributed by atoms with Gasteiger partial charge >= 0.3 is 6.01 Å². The quantitative estimate of drug-likeness (QED) is 0.889. The van der Waals surface area contributed by atoms with Crippen LogP contribution in [0.25, 0.3) is 5.69 Å². The van der Waals surface area contributed by atoms with Crippen molar-refractivity contribution in [1.82, 2.24) is 14.8 Å². The lowest BCUT2D eigenvalue weighted by Gasteiger charge is -2.40. The normalized spacial score (nSPS) is 16.9. The summed E-state index contributed by atoms with van der Waals surface area (Å²) in [7, 11) is 0. The van der Waals surface area contributed by atoms with Gasteiger partial charge in [-0.2, -0.15) is 4.98 Å². The highest BCUT2D eigenvalue weighted by molar-refractivity contribution is 5.29. The Labute approximate surface area is 112 Å². The summed E-state index contributed by atoms with van der Waals surface area (Å²) in [5.74, 6) is 0.